The van der Waals surface area contributed by atoms with Crippen LogP contribution < -0.4 is 10.6 Å². The van der Waals surface area contributed by atoms with Crippen LogP contribution in [0.1, 0.15) is 12.0 Å². The Bertz CT molecular complexity index is 856. The summed E-state index contributed by atoms with van der Waals surface area (Å²) in [7, 11) is 1.77. The molecular weight excluding hydrogens is 334 g/mol. The Kier molecular flexibility index (Phi) is 5.90. The van der Waals surface area contributed by atoms with Crippen molar-refractivity contribution in [1.82, 2.24) is 20.2 Å². The van der Waals surface area contributed by atoms with Gasteiger partial charge in [0.25, 0.3) is 0 Å². The number of aromatic nitrogens is 2. The van der Waals surface area contributed by atoms with Gasteiger partial charge in [-0.3, -0.25) is 4.99 Å². The van der Waals surface area contributed by atoms with Gasteiger partial charge in [0.1, 0.15) is 0 Å². The molecule has 0 fully saturated rings. The van der Waals surface area contributed by atoms with Gasteiger partial charge in [-0.1, -0.05) is 41.9 Å². The minimum atomic E-state index is 0.644. The predicted molar refractivity (Wildman–Crippen MR) is 104 cm³/mol. The van der Waals surface area contributed by atoms with Crippen LogP contribution in [0.2, 0.25) is 5.02 Å². The Balaban J connectivity index is 1.45. The van der Waals surface area contributed by atoms with Gasteiger partial charge < -0.3 is 15.2 Å². The lowest BCUT2D eigenvalue weighted by molar-refractivity contribution is 0.637. The van der Waals surface area contributed by atoms with E-state index in [1.165, 1.54) is 5.52 Å². The largest absolute Gasteiger partial charge is 0.356 e. The third-order valence-electron chi connectivity index (χ3n) is 4.02. The first kappa shape index (κ1) is 17.3. The van der Waals surface area contributed by atoms with E-state index in [4.69, 9.17) is 11.6 Å². The predicted octanol–water partition coefficient (Wildman–Crippen LogP) is 3.45. The zero-order chi connectivity index (χ0) is 17.5. The molecule has 0 amide bonds. The molecule has 0 aliphatic heterocycles. The number of aliphatic imine (C=N–C) groups is 1. The van der Waals surface area contributed by atoms with Gasteiger partial charge in [-0.2, -0.15) is 0 Å². The number of aryl methyl sites for hydroxylation is 1. The topological polar surface area (TPSA) is 54.2 Å². The second-order valence-electron chi connectivity index (χ2n) is 5.72. The lowest BCUT2D eigenvalue weighted by Gasteiger charge is -2.13. The maximum Gasteiger partial charge on any atom is 0.191 e. The normalized spacial score (nSPS) is 11.7. The van der Waals surface area contributed by atoms with Crippen molar-refractivity contribution in [2.45, 2.75) is 19.5 Å². The third-order valence-corrected chi connectivity index (χ3v) is 4.39. The summed E-state index contributed by atoms with van der Waals surface area (Å²) in [6, 6.07) is 16.0. The molecule has 1 heterocycles. The number of imidazole rings is 1. The van der Waals surface area contributed by atoms with E-state index in [-0.39, 0.29) is 0 Å². The number of nitrogens with zero attached hydrogens (tertiary/aromatic N) is 3. The summed E-state index contributed by atoms with van der Waals surface area (Å²) >= 11 is 6.17. The summed E-state index contributed by atoms with van der Waals surface area (Å²) in [5.74, 6) is 0.774. The third kappa shape index (κ3) is 4.51. The van der Waals surface area contributed by atoms with E-state index in [1.807, 2.05) is 48.8 Å². The van der Waals surface area contributed by atoms with Crippen molar-refractivity contribution in [2.24, 2.45) is 4.99 Å². The van der Waals surface area contributed by atoms with Gasteiger partial charge >= 0.3 is 0 Å². The summed E-state index contributed by atoms with van der Waals surface area (Å²) in [6.07, 6.45) is 2.88. The van der Waals surface area contributed by atoms with Crippen molar-refractivity contribution in [1.29, 1.82) is 0 Å². The first-order valence-corrected chi connectivity index (χ1v) is 8.73. The van der Waals surface area contributed by atoms with Gasteiger partial charge in [0.05, 0.1) is 17.4 Å². The van der Waals surface area contributed by atoms with Crippen molar-refractivity contribution >= 4 is 28.6 Å². The average molecular weight is 356 g/mol. The molecule has 1 aromatic heterocycles. The molecule has 0 aliphatic rings. The Labute approximate surface area is 152 Å². The fourth-order valence-corrected chi connectivity index (χ4v) is 2.89. The Morgan fingerprint density at radius 2 is 1.92 bits per heavy atom. The van der Waals surface area contributed by atoms with E-state index < -0.39 is 0 Å². The zero-order valence-electron chi connectivity index (χ0n) is 14.2. The van der Waals surface area contributed by atoms with Gasteiger partial charge in [-0.05, 0) is 30.2 Å². The number of fused-ring (bicyclic) bond motifs is 1. The minimum Gasteiger partial charge on any atom is -0.356 e. The van der Waals surface area contributed by atoms with Crippen LogP contribution in [0.5, 0.6) is 0 Å². The van der Waals surface area contributed by atoms with Gasteiger partial charge in [0, 0.05) is 31.7 Å². The molecule has 0 radical (unpaired) electrons. The Hall–Kier alpha value is -2.53. The highest BCUT2D eigenvalue weighted by atomic mass is 35.5. The van der Waals surface area contributed by atoms with Crippen LogP contribution in [-0.2, 0) is 13.1 Å². The minimum absolute atomic E-state index is 0.644. The molecule has 0 atom stereocenters. The van der Waals surface area contributed by atoms with Crippen LogP contribution in [0, 0.1) is 0 Å². The van der Waals surface area contributed by atoms with Crippen molar-refractivity contribution in [3.05, 3.63) is 65.4 Å². The number of hydrogen-bond donors (Lipinski definition) is 2. The molecular formula is C19H22ClN5. The molecule has 0 spiro atoms. The number of rotatable bonds is 6. The molecule has 5 nitrogen and oxygen atoms in total. The highest BCUT2D eigenvalue weighted by Crippen LogP contribution is 2.14. The maximum atomic E-state index is 6.17. The summed E-state index contributed by atoms with van der Waals surface area (Å²) in [4.78, 5) is 8.66. The van der Waals surface area contributed by atoms with Crippen LogP contribution in [0.25, 0.3) is 11.0 Å². The van der Waals surface area contributed by atoms with Crippen molar-refractivity contribution in [3.63, 3.8) is 0 Å². The molecule has 0 saturated carbocycles. The van der Waals surface area contributed by atoms with Crippen LogP contribution in [0.4, 0.5) is 0 Å². The second-order valence-corrected chi connectivity index (χ2v) is 6.13. The summed E-state index contributed by atoms with van der Waals surface area (Å²) in [5, 5.41) is 7.38. The fraction of sp³-hybridized carbons (Fsp3) is 0.263. The zero-order valence-corrected chi connectivity index (χ0v) is 15.0. The van der Waals surface area contributed by atoms with Gasteiger partial charge in [-0.25, -0.2) is 4.98 Å². The van der Waals surface area contributed by atoms with E-state index in [0.717, 1.165) is 41.6 Å². The highest BCUT2D eigenvalue weighted by molar-refractivity contribution is 6.31. The number of halogens is 1. The summed E-state index contributed by atoms with van der Waals surface area (Å²) in [5.41, 5.74) is 3.26. The smallest absolute Gasteiger partial charge is 0.191 e. The standard InChI is InChI=1S/C19H22ClN5/c1-21-19(23-13-15-7-2-3-8-16(15)20)22-11-6-12-25-14-24-17-9-4-5-10-18(17)25/h2-5,7-10,14H,6,11-13H2,1H3,(H2,21,22,23). The van der Waals surface area contributed by atoms with E-state index >= 15 is 0 Å². The lowest BCUT2D eigenvalue weighted by atomic mass is 10.2. The first-order chi connectivity index (χ1) is 12.3. The van der Waals surface area contributed by atoms with Crippen LogP contribution in [-0.4, -0.2) is 29.1 Å². The SMILES string of the molecule is CN=C(NCCCn1cnc2ccccc21)NCc1ccccc1Cl. The highest BCUT2D eigenvalue weighted by Gasteiger charge is 2.03. The van der Waals surface area contributed by atoms with E-state index in [1.54, 1.807) is 7.05 Å². The number of hydrogen-bond acceptors (Lipinski definition) is 2. The molecule has 0 aliphatic carbocycles. The molecule has 0 bridgehead atoms. The van der Waals surface area contributed by atoms with Gasteiger partial charge in [-0.15, -0.1) is 0 Å². The number of para-hydroxylation sites is 2. The molecule has 0 unspecified atom stereocenters. The second kappa shape index (κ2) is 8.53. The number of nitrogens with one attached hydrogen (secondary N) is 2. The van der Waals surface area contributed by atoms with Crippen LogP contribution in [0.15, 0.2) is 59.9 Å². The average Bonchev–Trinajstić information content (AvgIpc) is 3.05. The van der Waals surface area contributed by atoms with Crippen molar-refractivity contribution in [2.75, 3.05) is 13.6 Å². The molecule has 25 heavy (non-hydrogen) atoms. The van der Waals surface area contributed by atoms with Crippen LogP contribution >= 0.6 is 11.6 Å². The van der Waals surface area contributed by atoms with Crippen molar-refractivity contribution < 1.29 is 0 Å². The lowest BCUT2D eigenvalue weighted by Crippen LogP contribution is -2.37. The maximum absolute atomic E-state index is 6.17. The van der Waals surface area contributed by atoms with E-state index in [0.29, 0.717) is 6.54 Å². The summed E-state index contributed by atoms with van der Waals surface area (Å²) < 4.78 is 2.18. The first-order valence-electron chi connectivity index (χ1n) is 8.36. The molecule has 130 valence electrons. The van der Waals surface area contributed by atoms with Crippen LogP contribution in [0.3, 0.4) is 0 Å². The molecule has 3 rings (SSSR count). The van der Waals surface area contributed by atoms with Gasteiger partial charge in [0.2, 0.25) is 0 Å². The van der Waals surface area contributed by atoms with E-state index in [2.05, 4.69) is 31.2 Å². The fourth-order valence-electron chi connectivity index (χ4n) is 2.69. The quantitative estimate of drug-likeness (QED) is 0.404. The number of guanidine groups is 1. The van der Waals surface area contributed by atoms with E-state index in [9.17, 15) is 0 Å². The van der Waals surface area contributed by atoms with Crippen molar-refractivity contribution in [3.8, 4) is 0 Å². The van der Waals surface area contributed by atoms with Gasteiger partial charge in [0.15, 0.2) is 5.96 Å². The molecule has 6 heteroatoms. The monoisotopic (exact) mass is 355 g/mol. The Morgan fingerprint density at radius 1 is 1.12 bits per heavy atom. The Morgan fingerprint density at radius 3 is 2.76 bits per heavy atom. The molecule has 2 N–H and O–H groups in total. The summed E-state index contributed by atoms with van der Waals surface area (Å²) in [6.45, 7) is 2.38. The molecule has 3 aromatic rings. The molecule has 2 aromatic carbocycles. The molecule has 0 saturated heterocycles. The number of benzene rings is 2.